The Morgan fingerprint density at radius 3 is 1.62 bits per heavy atom. The molecule has 6 rings (SSSR count). The van der Waals surface area contributed by atoms with Crippen molar-refractivity contribution in [3.05, 3.63) is 24.3 Å². The third kappa shape index (κ3) is 2.02. The average molecular weight is 326 g/mol. The zero-order valence-corrected chi connectivity index (χ0v) is 14.6. The molecule has 2 heteroatoms. The summed E-state index contributed by atoms with van der Waals surface area (Å²) in [6.45, 7) is 1.62. The monoisotopic (exact) mass is 326 g/mol. The van der Waals surface area contributed by atoms with Gasteiger partial charge in [-0.05, 0) is 85.9 Å². The average Bonchev–Trinajstić information content (AvgIpc) is 3.40. The fourth-order valence-corrected chi connectivity index (χ4v) is 7.75. The van der Waals surface area contributed by atoms with Gasteiger partial charge in [0.1, 0.15) is 0 Å². The van der Waals surface area contributed by atoms with E-state index in [9.17, 15) is 0 Å². The molecule has 0 aromatic carbocycles. The highest BCUT2D eigenvalue weighted by atomic mass is 16.5. The molecule has 0 aliphatic heterocycles. The first-order valence-electron chi connectivity index (χ1n) is 10.4. The standard InChI is InChI=1S/C22H30O2/c1-3-15-13-9-19(17(15)5-1)21(11-13)23-7-8-24-22-12-14-10-20(22)18-6-2-4-16(14)18/h1-2,5-6,13-22H,3-4,7-12H2/t13-,14+,15-,16-,17+,18+,19+,20-,21-,22-/m1/s1. The van der Waals surface area contributed by atoms with Gasteiger partial charge in [-0.15, -0.1) is 0 Å². The number of ether oxygens (including phenoxy) is 2. The van der Waals surface area contributed by atoms with E-state index in [-0.39, 0.29) is 0 Å². The lowest BCUT2D eigenvalue weighted by molar-refractivity contribution is -0.0642. The van der Waals surface area contributed by atoms with E-state index in [1.807, 2.05) is 0 Å². The second kappa shape index (κ2) is 5.45. The van der Waals surface area contributed by atoms with Crippen molar-refractivity contribution in [2.75, 3.05) is 13.2 Å². The Hall–Kier alpha value is -0.600. The van der Waals surface area contributed by atoms with Crippen LogP contribution in [0.5, 0.6) is 0 Å². The van der Waals surface area contributed by atoms with Crippen LogP contribution in [0.1, 0.15) is 38.5 Å². The molecule has 0 N–H and O–H groups in total. The van der Waals surface area contributed by atoms with Crippen LogP contribution in [0.4, 0.5) is 0 Å². The molecule has 4 fully saturated rings. The lowest BCUT2D eigenvalue weighted by atomic mass is 9.80. The van der Waals surface area contributed by atoms with E-state index in [0.717, 1.165) is 60.6 Å². The largest absolute Gasteiger partial charge is 0.376 e. The molecule has 0 spiro atoms. The molecule has 0 aromatic rings. The summed E-state index contributed by atoms with van der Waals surface area (Å²) in [5.74, 6) is 7.11. The van der Waals surface area contributed by atoms with Gasteiger partial charge in [0.25, 0.3) is 0 Å². The molecule has 6 aliphatic rings. The molecule has 10 atom stereocenters. The Morgan fingerprint density at radius 2 is 1.12 bits per heavy atom. The van der Waals surface area contributed by atoms with Gasteiger partial charge in [0.15, 0.2) is 0 Å². The van der Waals surface area contributed by atoms with E-state index in [4.69, 9.17) is 9.47 Å². The van der Waals surface area contributed by atoms with Crippen molar-refractivity contribution in [3.8, 4) is 0 Å². The Labute approximate surface area is 145 Å². The number of rotatable bonds is 5. The van der Waals surface area contributed by atoms with E-state index >= 15 is 0 Å². The molecule has 6 aliphatic carbocycles. The summed E-state index contributed by atoms with van der Waals surface area (Å²) < 4.78 is 12.6. The second-order valence-electron chi connectivity index (χ2n) is 9.42. The van der Waals surface area contributed by atoms with Crippen LogP contribution in [-0.2, 0) is 9.47 Å². The van der Waals surface area contributed by atoms with Crippen molar-refractivity contribution in [2.24, 2.45) is 47.3 Å². The van der Waals surface area contributed by atoms with Gasteiger partial charge in [0, 0.05) is 0 Å². The van der Waals surface area contributed by atoms with Crippen LogP contribution in [0.2, 0.25) is 0 Å². The molecule has 0 amide bonds. The third-order valence-corrected chi connectivity index (χ3v) is 8.64. The normalized spacial score (nSPS) is 55.7. The minimum atomic E-state index is 0.518. The van der Waals surface area contributed by atoms with E-state index in [2.05, 4.69) is 24.3 Å². The minimum absolute atomic E-state index is 0.518. The number of hydrogen-bond acceptors (Lipinski definition) is 2. The first kappa shape index (κ1) is 14.6. The van der Waals surface area contributed by atoms with Crippen molar-refractivity contribution in [1.29, 1.82) is 0 Å². The Bertz CT molecular complexity index is 516. The molecule has 130 valence electrons. The lowest BCUT2D eigenvalue weighted by Crippen LogP contribution is -2.33. The summed E-state index contributed by atoms with van der Waals surface area (Å²) >= 11 is 0. The molecule has 24 heavy (non-hydrogen) atoms. The molecule has 4 bridgehead atoms. The van der Waals surface area contributed by atoms with Crippen LogP contribution >= 0.6 is 0 Å². The Morgan fingerprint density at radius 1 is 0.625 bits per heavy atom. The zero-order chi connectivity index (χ0) is 15.7. The van der Waals surface area contributed by atoms with Gasteiger partial charge in [-0.2, -0.15) is 0 Å². The summed E-state index contributed by atoms with van der Waals surface area (Å²) in [5.41, 5.74) is 0. The van der Waals surface area contributed by atoms with Crippen molar-refractivity contribution in [1.82, 2.24) is 0 Å². The number of hydrogen-bond donors (Lipinski definition) is 0. The number of allylic oxidation sites excluding steroid dienone is 4. The minimum Gasteiger partial charge on any atom is -0.376 e. The highest BCUT2D eigenvalue weighted by Gasteiger charge is 2.54. The summed E-state index contributed by atoms with van der Waals surface area (Å²) in [5, 5.41) is 0. The Balaban J connectivity index is 0.986. The molecule has 0 aromatic heterocycles. The van der Waals surface area contributed by atoms with E-state index in [0.29, 0.717) is 12.2 Å². The smallest absolute Gasteiger partial charge is 0.0704 e. The molecule has 0 radical (unpaired) electrons. The van der Waals surface area contributed by atoms with Crippen molar-refractivity contribution < 1.29 is 9.47 Å². The van der Waals surface area contributed by atoms with Gasteiger partial charge in [-0.3, -0.25) is 0 Å². The third-order valence-electron chi connectivity index (χ3n) is 8.64. The summed E-state index contributed by atoms with van der Waals surface area (Å²) in [6.07, 6.45) is 19.0. The highest BCUT2D eigenvalue weighted by molar-refractivity contribution is 5.15. The van der Waals surface area contributed by atoms with Gasteiger partial charge in [0.2, 0.25) is 0 Å². The van der Waals surface area contributed by atoms with Crippen molar-refractivity contribution in [2.45, 2.75) is 50.7 Å². The summed E-state index contributed by atoms with van der Waals surface area (Å²) in [4.78, 5) is 0. The van der Waals surface area contributed by atoms with Gasteiger partial charge >= 0.3 is 0 Å². The maximum Gasteiger partial charge on any atom is 0.0704 e. The Kier molecular flexibility index (Phi) is 3.30. The summed E-state index contributed by atoms with van der Waals surface area (Å²) in [6, 6.07) is 0. The van der Waals surface area contributed by atoms with Crippen LogP contribution in [0.25, 0.3) is 0 Å². The van der Waals surface area contributed by atoms with E-state index in [1.54, 1.807) is 0 Å². The number of fused-ring (bicyclic) bond motifs is 10. The maximum atomic E-state index is 6.30. The molecule has 0 heterocycles. The fraction of sp³-hybridized carbons (Fsp3) is 0.818. The maximum absolute atomic E-state index is 6.30. The van der Waals surface area contributed by atoms with Crippen molar-refractivity contribution in [3.63, 3.8) is 0 Å². The lowest BCUT2D eigenvalue weighted by Gasteiger charge is -2.32. The van der Waals surface area contributed by atoms with Gasteiger partial charge in [-0.25, -0.2) is 0 Å². The van der Waals surface area contributed by atoms with Crippen LogP contribution in [0.15, 0.2) is 24.3 Å². The van der Waals surface area contributed by atoms with Crippen LogP contribution < -0.4 is 0 Å². The van der Waals surface area contributed by atoms with Crippen LogP contribution in [0, 0.1) is 47.3 Å². The SMILES string of the molecule is C1=C[C@H]2[C@H](C1)[C@H]1C[C@H]2[C@H](OCCO[C@@H]2C[C@H]3C[C@H]2[C@H]2C=CC[C@H]32)C1. The first-order valence-corrected chi connectivity index (χ1v) is 10.4. The van der Waals surface area contributed by atoms with Crippen LogP contribution in [0.3, 0.4) is 0 Å². The molecule has 0 unspecified atom stereocenters. The van der Waals surface area contributed by atoms with Gasteiger partial charge < -0.3 is 9.47 Å². The van der Waals surface area contributed by atoms with Gasteiger partial charge in [0.05, 0.1) is 25.4 Å². The first-order chi connectivity index (χ1) is 11.9. The van der Waals surface area contributed by atoms with Gasteiger partial charge in [-0.1, -0.05) is 24.3 Å². The summed E-state index contributed by atoms with van der Waals surface area (Å²) in [7, 11) is 0. The molecule has 0 saturated heterocycles. The quantitative estimate of drug-likeness (QED) is 0.556. The second-order valence-corrected chi connectivity index (χ2v) is 9.42. The molecular weight excluding hydrogens is 296 g/mol. The molecular formula is C22H30O2. The van der Waals surface area contributed by atoms with Crippen LogP contribution in [-0.4, -0.2) is 25.4 Å². The van der Waals surface area contributed by atoms with E-state index in [1.165, 1.54) is 38.5 Å². The molecule has 2 nitrogen and oxygen atoms in total. The predicted octanol–water partition coefficient (Wildman–Crippen LogP) is 4.22. The van der Waals surface area contributed by atoms with E-state index < -0.39 is 0 Å². The van der Waals surface area contributed by atoms with Crippen molar-refractivity contribution >= 4 is 0 Å². The highest BCUT2D eigenvalue weighted by Crippen LogP contribution is 2.58. The zero-order valence-electron chi connectivity index (χ0n) is 14.6. The topological polar surface area (TPSA) is 18.5 Å². The predicted molar refractivity (Wildman–Crippen MR) is 93.4 cm³/mol. The molecule has 4 saturated carbocycles. The fourth-order valence-electron chi connectivity index (χ4n) is 7.75.